The molecule has 1 N–H and O–H groups in total. The molecule has 0 aromatic heterocycles. The molecule has 0 saturated carbocycles. The Hall–Kier alpha value is -1.42. The first-order valence-electron chi connectivity index (χ1n) is 7.14. The van der Waals surface area contributed by atoms with Crippen LogP contribution in [0.15, 0.2) is 18.2 Å². The van der Waals surface area contributed by atoms with Crippen LogP contribution in [0.5, 0.6) is 11.5 Å². The van der Waals surface area contributed by atoms with Crippen LogP contribution in [0.25, 0.3) is 0 Å². The van der Waals surface area contributed by atoms with Crippen molar-refractivity contribution in [1.29, 1.82) is 0 Å². The van der Waals surface area contributed by atoms with E-state index in [-0.39, 0.29) is 0 Å². The van der Waals surface area contributed by atoms with E-state index in [1.54, 1.807) is 0 Å². The van der Waals surface area contributed by atoms with Crippen molar-refractivity contribution in [2.24, 2.45) is 5.92 Å². The third-order valence-electron chi connectivity index (χ3n) is 4.00. The monoisotopic (exact) mass is 262 g/mol. The summed E-state index contributed by atoms with van der Waals surface area (Å²) in [7, 11) is 2.15. The largest absolute Gasteiger partial charge is 0.486 e. The fourth-order valence-corrected chi connectivity index (χ4v) is 2.74. The molecule has 1 fully saturated rings. The Bertz CT molecular complexity index is 430. The fraction of sp³-hybridized carbons (Fsp3) is 0.600. The van der Waals surface area contributed by atoms with Gasteiger partial charge in [0, 0.05) is 25.3 Å². The lowest BCUT2D eigenvalue weighted by molar-refractivity contribution is 0.171. The van der Waals surface area contributed by atoms with E-state index in [0.29, 0.717) is 13.2 Å². The summed E-state index contributed by atoms with van der Waals surface area (Å²) in [5.41, 5.74) is 1.20. The van der Waals surface area contributed by atoms with Gasteiger partial charge in [-0.3, -0.25) is 0 Å². The molecule has 1 saturated heterocycles. The maximum absolute atomic E-state index is 5.63. The van der Waals surface area contributed by atoms with Crippen LogP contribution in [0.3, 0.4) is 0 Å². The number of benzene rings is 1. The molecule has 1 unspecified atom stereocenters. The van der Waals surface area contributed by atoms with Crippen LogP contribution >= 0.6 is 0 Å². The second-order valence-electron chi connectivity index (χ2n) is 5.40. The summed E-state index contributed by atoms with van der Waals surface area (Å²) in [5.74, 6) is 2.57. The van der Waals surface area contributed by atoms with Gasteiger partial charge in [0.25, 0.3) is 0 Å². The van der Waals surface area contributed by atoms with E-state index >= 15 is 0 Å². The summed E-state index contributed by atoms with van der Waals surface area (Å²) in [4.78, 5) is 2.30. The predicted octanol–water partition coefficient (Wildman–Crippen LogP) is 1.89. The van der Waals surface area contributed by atoms with Gasteiger partial charge >= 0.3 is 0 Å². The molecule has 2 heterocycles. The Morgan fingerprint density at radius 2 is 2.11 bits per heavy atom. The van der Waals surface area contributed by atoms with Crippen LogP contribution in [0.1, 0.15) is 12.8 Å². The van der Waals surface area contributed by atoms with Crippen molar-refractivity contribution in [3.8, 4) is 11.5 Å². The molecule has 1 aromatic rings. The SMILES string of the molecule is CN(CCC1CCNC1)c1ccc2c(c1)OCCO2. The predicted molar refractivity (Wildman–Crippen MR) is 76.3 cm³/mol. The third-order valence-corrected chi connectivity index (χ3v) is 4.00. The Labute approximate surface area is 114 Å². The molecule has 2 aliphatic rings. The first-order valence-corrected chi connectivity index (χ1v) is 7.14. The molecule has 104 valence electrons. The van der Waals surface area contributed by atoms with Gasteiger partial charge < -0.3 is 19.7 Å². The van der Waals surface area contributed by atoms with Gasteiger partial charge in [0.1, 0.15) is 13.2 Å². The summed E-state index contributed by atoms with van der Waals surface area (Å²) in [6.07, 6.45) is 2.56. The number of hydrogen-bond acceptors (Lipinski definition) is 4. The molecule has 2 aliphatic heterocycles. The molecule has 0 radical (unpaired) electrons. The normalized spacial score (nSPS) is 21.4. The van der Waals surface area contributed by atoms with Crippen molar-refractivity contribution < 1.29 is 9.47 Å². The second kappa shape index (κ2) is 5.70. The average Bonchev–Trinajstić information content (AvgIpc) is 2.97. The van der Waals surface area contributed by atoms with Crippen LogP contribution in [0.2, 0.25) is 0 Å². The molecule has 1 atom stereocenters. The highest BCUT2D eigenvalue weighted by molar-refractivity contribution is 5.56. The Morgan fingerprint density at radius 1 is 1.26 bits per heavy atom. The van der Waals surface area contributed by atoms with Crippen molar-refractivity contribution in [3.05, 3.63) is 18.2 Å². The van der Waals surface area contributed by atoms with Crippen molar-refractivity contribution >= 4 is 5.69 Å². The van der Waals surface area contributed by atoms with E-state index in [0.717, 1.165) is 24.0 Å². The highest BCUT2D eigenvalue weighted by atomic mass is 16.6. The van der Waals surface area contributed by atoms with Gasteiger partial charge in [0.15, 0.2) is 11.5 Å². The van der Waals surface area contributed by atoms with E-state index in [4.69, 9.17) is 9.47 Å². The van der Waals surface area contributed by atoms with Gasteiger partial charge in [-0.15, -0.1) is 0 Å². The fourth-order valence-electron chi connectivity index (χ4n) is 2.74. The minimum Gasteiger partial charge on any atom is -0.486 e. The number of anilines is 1. The molecule has 19 heavy (non-hydrogen) atoms. The lowest BCUT2D eigenvalue weighted by Gasteiger charge is -2.24. The Kier molecular flexibility index (Phi) is 3.78. The lowest BCUT2D eigenvalue weighted by Crippen LogP contribution is -2.22. The lowest BCUT2D eigenvalue weighted by atomic mass is 10.0. The Balaban J connectivity index is 1.60. The zero-order valence-electron chi connectivity index (χ0n) is 11.5. The highest BCUT2D eigenvalue weighted by Crippen LogP contribution is 2.33. The zero-order chi connectivity index (χ0) is 13.1. The first kappa shape index (κ1) is 12.6. The van der Waals surface area contributed by atoms with Crippen LogP contribution in [-0.4, -0.2) is 39.9 Å². The minimum atomic E-state index is 0.647. The smallest absolute Gasteiger partial charge is 0.163 e. The highest BCUT2D eigenvalue weighted by Gasteiger charge is 2.16. The van der Waals surface area contributed by atoms with E-state index in [1.165, 1.54) is 31.6 Å². The number of rotatable bonds is 4. The number of hydrogen-bond donors (Lipinski definition) is 1. The van der Waals surface area contributed by atoms with Crippen molar-refractivity contribution in [2.45, 2.75) is 12.8 Å². The topological polar surface area (TPSA) is 33.7 Å². The zero-order valence-corrected chi connectivity index (χ0v) is 11.5. The van der Waals surface area contributed by atoms with E-state index in [1.807, 2.05) is 6.07 Å². The summed E-state index contributed by atoms with van der Waals surface area (Å²) in [6.45, 7) is 4.74. The molecule has 1 aromatic carbocycles. The van der Waals surface area contributed by atoms with Crippen molar-refractivity contribution in [2.75, 3.05) is 44.8 Å². The summed E-state index contributed by atoms with van der Waals surface area (Å²) >= 11 is 0. The van der Waals surface area contributed by atoms with Gasteiger partial charge in [-0.05, 0) is 44.0 Å². The molecule has 0 bridgehead atoms. The number of nitrogens with zero attached hydrogens (tertiary/aromatic N) is 1. The summed E-state index contributed by atoms with van der Waals surface area (Å²) < 4.78 is 11.2. The van der Waals surface area contributed by atoms with Gasteiger partial charge in [0.05, 0.1) is 0 Å². The number of ether oxygens (including phenoxy) is 2. The average molecular weight is 262 g/mol. The molecule has 4 heteroatoms. The van der Waals surface area contributed by atoms with Gasteiger partial charge in [-0.25, -0.2) is 0 Å². The first-order chi connectivity index (χ1) is 9.33. The molecule has 0 spiro atoms. The quantitative estimate of drug-likeness (QED) is 0.898. The van der Waals surface area contributed by atoms with Crippen LogP contribution in [0.4, 0.5) is 5.69 Å². The molecule has 0 aliphatic carbocycles. The second-order valence-corrected chi connectivity index (χ2v) is 5.40. The van der Waals surface area contributed by atoms with Crippen LogP contribution < -0.4 is 19.7 Å². The number of fused-ring (bicyclic) bond motifs is 1. The van der Waals surface area contributed by atoms with E-state index < -0.39 is 0 Å². The molecular weight excluding hydrogens is 240 g/mol. The maximum Gasteiger partial charge on any atom is 0.163 e. The van der Waals surface area contributed by atoms with Gasteiger partial charge in [0.2, 0.25) is 0 Å². The maximum atomic E-state index is 5.63. The molecule has 0 amide bonds. The summed E-state index contributed by atoms with van der Waals surface area (Å²) in [6, 6.07) is 6.21. The molecular formula is C15H22N2O2. The van der Waals surface area contributed by atoms with E-state index in [2.05, 4.69) is 29.4 Å². The van der Waals surface area contributed by atoms with Gasteiger partial charge in [-0.1, -0.05) is 0 Å². The summed E-state index contributed by atoms with van der Waals surface area (Å²) in [5, 5.41) is 3.42. The third kappa shape index (κ3) is 2.95. The molecule has 3 rings (SSSR count). The Morgan fingerprint density at radius 3 is 2.89 bits per heavy atom. The van der Waals surface area contributed by atoms with Crippen molar-refractivity contribution in [3.63, 3.8) is 0 Å². The van der Waals surface area contributed by atoms with Crippen LogP contribution in [-0.2, 0) is 0 Å². The minimum absolute atomic E-state index is 0.647. The van der Waals surface area contributed by atoms with Crippen LogP contribution in [0, 0.1) is 5.92 Å². The van der Waals surface area contributed by atoms with Crippen molar-refractivity contribution in [1.82, 2.24) is 5.32 Å². The van der Waals surface area contributed by atoms with Gasteiger partial charge in [-0.2, -0.15) is 0 Å². The standard InChI is InChI=1S/C15H22N2O2/c1-17(7-5-12-4-6-16-11-12)13-2-3-14-15(10-13)19-9-8-18-14/h2-3,10,12,16H,4-9,11H2,1H3. The van der Waals surface area contributed by atoms with E-state index in [9.17, 15) is 0 Å². The number of nitrogens with one attached hydrogen (secondary N) is 1. The molecule has 4 nitrogen and oxygen atoms in total.